The number of alkyl halides is 3. The Balaban J connectivity index is 1.67. The Morgan fingerprint density at radius 3 is 2.36 bits per heavy atom. The van der Waals surface area contributed by atoms with Crippen molar-refractivity contribution in [2.24, 2.45) is 5.92 Å². The van der Waals surface area contributed by atoms with Crippen LogP contribution in [0.1, 0.15) is 50.9 Å². The Morgan fingerprint density at radius 1 is 1.06 bits per heavy atom. The number of nitrogens with zero attached hydrogens (tertiary/aromatic N) is 4. The second-order valence-corrected chi connectivity index (χ2v) is 10.8. The normalized spacial score (nSPS) is 19.2. The number of aromatic nitrogens is 3. The number of benzene rings is 1. The Labute approximate surface area is 191 Å². The first-order valence-corrected chi connectivity index (χ1v) is 11.7. The van der Waals surface area contributed by atoms with Gasteiger partial charge < -0.3 is 0 Å². The summed E-state index contributed by atoms with van der Waals surface area (Å²) in [5, 5.41) is 4.59. The van der Waals surface area contributed by atoms with Crippen LogP contribution < -0.4 is 4.31 Å². The molecule has 3 aromatic rings. The van der Waals surface area contributed by atoms with Gasteiger partial charge in [-0.2, -0.15) is 18.3 Å². The molecule has 33 heavy (non-hydrogen) atoms. The molecule has 2 aliphatic rings. The molecular weight excluding hydrogens is 456 g/mol. The summed E-state index contributed by atoms with van der Waals surface area (Å²) >= 11 is 0. The molecule has 0 saturated heterocycles. The third kappa shape index (κ3) is 3.74. The van der Waals surface area contributed by atoms with Crippen molar-refractivity contribution in [3.8, 4) is 11.3 Å². The topological polar surface area (TPSA) is 51.0 Å². The van der Waals surface area contributed by atoms with Gasteiger partial charge in [-0.1, -0.05) is 0 Å². The lowest BCUT2D eigenvalue weighted by Crippen LogP contribution is -2.36. The van der Waals surface area contributed by atoms with E-state index in [1.165, 1.54) is 18.2 Å². The number of rotatable bonds is 3. The Kier molecular flexibility index (Phi) is 4.93. The van der Waals surface area contributed by atoms with E-state index >= 15 is 0 Å². The predicted molar refractivity (Wildman–Crippen MR) is 116 cm³/mol. The van der Waals surface area contributed by atoms with Gasteiger partial charge in [0.25, 0.3) is 0 Å². The van der Waals surface area contributed by atoms with Gasteiger partial charge in [0.15, 0.2) is 11.0 Å². The Bertz CT molecular complexity index is 1240. The van der Waals surface area contributed by atoms with Crippen molar-refractivity contribution in [1.29, 1.82) is 0 Å². The highest BCUT2D eigenvalue weighted by Crippen LogP contribution is 2.55. The van der Waals surface area contributed by atoms with Crippen molar-refractivity contribution in [3.63, 3.8) is 0 Å². The molecule has 5 rings (SSSR count). The van der Waals surface area contributed by atoms with Crippen LogP contribution in [0.3, 0.4) is 0 Å². The number of pyridine rings is 1. The molecule has 3 heterocycles. The smallest absolute Gasteiger partial charge is 0.279 e. The predicted octanol–water partition coefficient (Wildman–Crippen LogP) is 5.85. The van der Waals surface area contributed by atoms with Crippen molar-refractivity contribution in [3.05, 3.63) is 59.8 Å². The summed E-state index contributed by atoms with van der Waals surface area (Å²) in [5.41, 5.74) is 1.33. The third-order valence-corrected chi connectivity index (χ3v) is 7.36. The van der Waals surface area contributed by atoms with Crippen LogP contribution in [0.2, 0.25) is 0 Å². The van der Waals surface area contributed by atoms with Crippen LogP contribution in [0.15, 0.2) is 47.6 Å². The molecule has 1 aliphatic carbocycles. The van der Waals surface area contributed by atoms with E-state index in [1.807, 2.05) is 25.5 Å². The molecule has 1 saturated carbocycles. The summed E-state index contributed by atoms with van der Waals surface area (Å²) in [6.07, 6.45) is 0.0235. The number of hydrogen-bond acceptors (Lipinski definition) is 3. The van der Waals surface area contributed by atoms with E-state index in [9.17, 15) is 21.8 Å². The van der Waals surface area contributed by atoms with Gasteiger partial charge in [-0.15, -0.1) is 0 Å². The molecule has 1 aromatic carbocycles. The largest absolute Gasteiger partial charge is 0.433 e. The van der Waals surface area contributed by atoms with E-state index in [0.717, 1.165) is 36.4 Å². The minimum atomic E-state index is -4.58. The van der Waals surface area contributed by atoms with Crippen LogP contribution in [-0.2, 0) is 22.7 Å². The molecule has 2 unspecified atom stereocenters. The monoisotopic (exact) mass is 478 g/mol. The standard InChI is InChI=1S/C23H22F4N4OS/c1-22(2,3)31-21-16-10-14(24)6-8-18(16)30(20(13-4-5-13)17(21)12-29-31)33(32)15-7-9-19(28-11-15)23(25,26)27/h6-13,20H,4-5H2,1-3H3. The van der Waals surface area contributed by atoms with Crippen molar-refractivity contribution in [2.75, 3.05) is 4.31 Å². The van der Waals surface area contributed by atoms with E-state index in [0.29, 0.717) is 11.3 Å². The summed E-state index contributed by atoms with van der Waals surface area (Å²) in [6, 6.07) is 6.01. The fourth-order valence-corrected chi connectivity index (χ4v) is 5.72. The molecule has 0 radical (unpaired) electrons. The summed E-state index contributed by atoms with van der Waals surface area (Å²) in [4.78, 5) is 3.63. The zero-order valence-electron chi connectivity index (χ0n) is 18.2. The minimum Gasteiger partial charge on any atom is -0.279 e. The first-order valence-electron chi connectivity index (χ1n) is 10.6. The maximum atomic E-state index is 14.4. The van der Waals surface area contributed by atoms with Gasteiger partial charge in [0.2, 0.25) is 0 Å². The van der Waals surface area contributed by atoms with Crippen LogP contribution in [0.5, 0.6) is 0 Å². The van der Waals surface area contributed by atoms with Crippen molar-refractivity contribution < 1.29 is 21.8 Å². The summed E-state index contributed by atoms with van der Waals surface area (Å²) in [6.45, 7) is 6.01. The molecule has 0 N–H and O–H groups in total. The molecule has 2 atom stereocenters. The number of fused-ring (bicyclic) bond motifs is 3. The zero-order chi connectivity index (χ0) is 23.7. The summed E-state index contributed by atoms with van der Waals surface area (Å²) in [5.74, 6) is -0.223. The van der Waals surface area contributed by atoms with Crippen LogP contribution in [0.4, 0.5) is 23.2 Å². The highest BCUT2D eigenvalue weighted by atomic mass is 32.2. The van der Waals surface area contributed by atoms with Gasteiger partial charge in [0.1, 0.15) is 11.5 Å². The van der Waals surface area contributed by atoms with Crippen LogP contribution in [0, 0.1) is 11.7 Å². The average molecular weight is 479 g/mol. The first kappa shape index (κ1) is 22.1. The molecule has 2 aromatic heterocycles. The molecule has 1 aliphatic heterocycles. The van der Waals surface area contributed by atoms with E-state index < -0.39 is 28.7 Å². The Morgan fingerprint density at radius 2 is 1.79 bits per heavy atom. The second-order valence-electron chi connectivity index (χ2n) is 9.43. The van der Waals surface area contributed by atoms with Crippen molar-refractivity contribution >= 4 is 16.7 Å². The SMILES string of the molecule is CC(C)(C)n1ncc2c1-c1cc(F)ccc1N(S(=O)c1ccc(C(F)(F)F)nc1)C2C1CC1. The lowest BCUT2D eigenvalue weighted by Gasteiger charge is -2.38. The van der Waals surface area contributed by atoms with Crippen molar-refractivity contribution in [1.82, 2.24) is 14.8 Å². The lowest BCUT2D eigenvalue weighted by molar-refractivity contribution is -0.141. The van der Waals surface area contributed by atoms with Crippen LogP contribution >= 0.6 is 0 Å². The maximum Gasteiger partial charge on any atom is 0.433 e. The second kappa shape index (κ2) is 7.38. The van der Waals surface area contributed by atoms with E-state index in [4.69, 9.17) is 0 Å². The van der Waals surface area contributed by atoms with Gasteiger partial charge in [-0.05, 0) is 69.9 Å². The first-order chi connectivity index (χ1) is 15.5. The highest BCUT2D eigenvalue weighted by Gasteiger charge is 2.46. The molecule has 0 spiro atoms. The van der Waals surface area contributed by atoms with Gasteiger partial charge in [0, 0.05) is 17.3 Å². The summed E-state index contributed by atoms with van der Waals surface area (Å²) in [7, 11) is -1.86. The van der Waals surface area contributed by atoms with Crippen molar-refractivity contribution in [2.45, 2.75) is 56.3 Å². The number of anilines is 1. The maximum absolute atomic E-state index is 14.4. The fraction of sp³-hybridized carbons (Fsp3) is 0.391. The molecule has 10 heteroatoms. The van der Waals surface area contributed by atoms with Gasteiger partial charge in [-0.25, -0.2) is 8.60 Å². The molecular formula is C23H22F4N4OS. The zero-order valence-corrected chi connectivity index (χ0v) is 19.0. The van der Waals surface area contributed by atoms with E-state index in [1.54, 1.807) is 16.6 Å². The molecule has 174 valence electrons. The summed E-state index contributed by atoms with van der Waals surface area (Å²) < 4.78 is 70.5. The van der Waals surface area contributed by atoms with Gasteiger partial charge in [0.05, 0.1) is 34.1 Å². The Hall–Kier alpha value is -2.75. The third-order valence-electron chi connectivity index (χ3n) is 5.93. The minimum absolute atomic E-state index is 0.149. The number of halogens is 4. The molecule has 0 bridgehead atoms. The van der Waals surface area contributed by atoms with Crippen LogP contribution in [-0.4, -0.2) is 19.0 Å². The fourth-order valence-electron chi connectivity index (χ4n) is 4.34. The van der Waals surface area contributed by atoms with Crippen LogP contribution in [0.25, 0.3) is 11.3 Å². The highest BCUT2D eigenvalue weighted by molar-refractivity contribution is 7.86. The van der Waals surface area contributed by atoms with E-state index in [-0.39, 0.29) is 22.4 Å². The molecule has 1 fully saturated rings. The quantitative estimate of drug-likeness (QED) is 0.444. The number of hydrogen-bond donors (Lipinski definition) is 0. The molecule has 5 nitrogen and oxygen atoms in total. The average Bonchev–Trinajstić information content (AvgIpc) is 3.47. The molecule has 0 amide bonds. The van der Waals surface area contributed by atoms with E-state index in [2.05, 4.69) is 10.1 Å². The van der Waals surface area contributed by atoms with Gasteiger partial charge in [-0.3, -0.25) is 14.0 Å². The van der Waals surface area contributed by atoms with Gasteiger partial charge >= 0.3 is 6.18 Å². The lowest BCUT2D eigenvalue weighted by atomic mass is 9.92.